The maximum Gasteiger partial charge on any atom is 0.263 e. The number of allylic oxidation sites excluding steroid dienone is 1. The molecule has 2 aromatic rings. The van der Waals surface area contributed by atoms with Gasteiger partial charge >= 0.3 is 0 Å². The summed E-state index contributed by atoms with van der Waals surface area (Å²) >= 11 is 3.44. The zero-order valence-electron chi connectivity index (χ0n) is 10.2. The molecule has 0 fully saturated rings. The van der Waals surface area contributed by atoms with Gasteiger partial charge in [0.1, 0.15) is 0 Å². The molecule has 1 aromatic heterocycles. The second-order valence-electron chi connectivity index (χ2n) is 4.56. The number of carbonyl (C=O) groups is 1. The van der Waals surface area contributed by atoms with Gasteiger partial charge in [0.05, 0.1) is 5.69 Å². The number of aromatic nitrogens is 1. The van der Waals surface area contributed by atoms with Crippen molar-refractivity contribution in [2.45, 2.75) is 13.8 Å². The Bertz CT molecular complexity index is 695. The summed E-state index contributed by atoms with van der Waals surface area (Å²) in [6.07, 6.45) is 1.98. The molecule has 2 nitrogen and oxygen atoms in total. The van der Waals surface area contributed by atoms with Crippen molar-refractivity contribution in [3.05, 3.63) is 57.3 Å². The molecule has 18 heavy (non-hydrogen) atoms. The molecule has 90 valence electrons. The minimum absolute atomic E-state index is 0.0636. The molecule has 3 rings (SSSR count). The van der Waals surface area contributed by atoms with Crippen molar-refractivity contribution in [2.75, 3.05) is 0 Å². The van der Waals surface area contributed by atoms with E-state index < -0.39 is 0 Å². The molecular formula is C15H12BrNO. The van der Waals surface area contributed by atoms with Crippen LogP contribution in [0.1, 0.15) is 27.3 Å². The molecule has 2 heterocycles. The van der Waals surface area contributed by atoms with Crippen LogP contribution >= 0.6 is 15.9 Å². The van der Waals surface area contributed by atoms with E-state index in [1.54, 1.807) is 4.57 Å². The standard InChI is InChI=1S/C15H12BrNO/c1-9-6-10(2)17-14(9)8-13(15(17)18)11-4-3-5-12(16)7-11/h3-8H,1-2H3. The van der Waals surface area contributed by atoms with Crippen molar-refractivity contribution in [3.63, 3.8) is 0 Å². The van der Waals surface area contributed by atoms with Crippen molar-refractivity contribution in [1.82, 2.24) is 4.57 Å². The molecule has 0 spiro atoms. The van der Waals surface area contributed by atoms with Crippen LogP contribution in [0.3, 0.4) is 0 Å². The Labute approximate surface area is 114 Å². The summed E-state index contributed by atoms with van der Waals surface area (Å²) < 4.78 is 2.77. The van der Waals surface area contributed by atoms with E-state index in [0.29, 0.717) is 0 Å². The number of carbonyl (C=O) groups excluding carboxylic acids is 1. The largest absolute Gasteiger partial charge is 0.281 e. The number of hydrogen-bond donors (Lipinski definition) is 0. The van der Waals surface area contributed by atoms with Crippen molar-refractivity contribution < 1.29 is 4.79 Å². The Balaban J connectivity index is 2.15. The molecule has 1 aliphatic heterocycles. The SMILES string of the molecule is Cc1cc(C)n2c1C=C(c1cccc(Br)c1)C2=O. The fraction of sp³-hybridized carbons (Fsp3) is 0.133. The van der Waals surface area contributed by atoms with E-state index in [9.17, 15) is 4.79 Å². The number of nitrogens with zero attached hydrogens (tertiary/aromatic N) is 1. The lowest BCUT2D eigenvalue weighted by Crippen LogP contribution is -2.09. The van der Waals surface area contributed by atoms with Gasteiger partial charge < -0.3 is 0 Å². The molecule has 3 heteroatoms. The van der Waals surface area contributed by atoms with E-state index in [0.717, 1.165) is 32.6 Å². The summed E-state index contributed by atoms with van der Waals surface area (Å²) in [6, 6.07) is 9.88. The van der Waals surface area contributed by atoms with Crippen LogP contribution in [-0.4, -0.2) is 10.5 Å². The molecule has 0 atom stereocenters. The second-order valence-corrected chi connectivity index (χ2v) is 5.48. The normalized spacial score (nSPS) is 13.7. The number of halogens is 1. The lowest BCUT2D eigenvalue weighted by atomic mass is 10.1. The van der Waals surface area contributed by atoms with E-state index in [-0.39, 0.29) is 5.91 Å². The number of hydrogen-bond acceptors (Lipinski definition) is 1. The smallest absolute Gasteiger partial charge is 0.263 e. The summed E-state index contributed by atoms with van der Waals surface area (Å²) in [5, 5.41) is 0. The van der Waals surface area contributed by atoms with E-state index in [2.05, 4.69) is 15.9 Å². The fourth-order valence-corrected chi connectivity index (χ4v) is 2.85. The molecule has 1 aromatic carbocycles. The number of benzene rings is 1. The molecule has 0 bridgehead atoms. The summed E-state index contributed by atoms with van der Waals surface area (Å²) in [7, 11) is 0. The van der Waals surface area contributed by atoms with Crippen molar-refractivity contribution in [3.8, 4) is 0 Å². The van der Waals surface area contributed by atoms with Gasteiger partial charge in [-0.25, -0.2) is 0 Å². The van der Waals surface area contributed by atoms with Crippen LogP contribution in [0.5, 0.6) is 0 Å². The fourth-order valence-electron chi connectivity index (χ4n) is 2.45. The summed E-state index contributed by atoms with van der Waals surface area (Å²) in [5.41, 5.74) is 4.86. The molecule has 0 aliphatic carbocycles. The van der Waals surface area contributed by atoms with Crippen LogP contribution in [0, 0.1) is 13.8 Å². The topological polar surface area (TPSA) is 22.0 Å². The molecule has 0 saturated carbocycles. The highest BCUT2D eigenvalue weighted by Crippen LogP contribution is 2.32. The predicted octanol–water partition coefficient (Wildman–Crippen LogP) is 4.06. The Kier molecular flexibility index (Phi) is 2.52. The van der Waals surface area contributed by atoms with E-state index >= 15 is 0 Å². The Morgan fingerprint density at radius 3 is 2.61 bits per heavy atom. The quantitative estimate of drug-likeness (QED) is 0.778. The first kappa shape index (κ1) is 11.5. The summed E-state index contributed by atoms with van der Waals surface area (Å²) in [5.74, 6) is 0.0636. The second kappa shape index (κ2) is 3.95. The average molecular weight is 302 g/mol. The van der Waals surface area contributed by atoms with Crippen LogP contribution < -0.4 is 0 Å². The van der Waals surface area contributed by atoms with Gasteiger partial charge in [-0.15, -0.1) is 0 Å². The molecule has 0 saturated heterocycles. The van der Waals surface area contributed by atoms with Gasteiger partial charge in [-0.05, 0) is 49.2 Å². The molecule has 0 N–H and O–H groups in total. The van der Waals surface area contributed by atoms with Crippen molar-refractivity contribution in [2.24, 2.45) is 0 Å². The van der Waals surface area contributed by atoms with Gasteiger partial charge in [-0.1, -0.05) is 28.1 Å². The lowest BCUT2D eigenvalue weighted by Gasteiger charge is -2.04. The average Bonchev–Trinajstić information content (AvgIpc) is 2.79. The number of aryl methyl sites for hydroxylation is 2. The molecule has 0 radical (unpaired) electrons. The zero-order valence-corrected chi connectivity index (χ0v) is 11.8. The zero-order chi connectivity index (χ0) is 12.9. The van der Waals surface area contributed by atoms with E-state index in [1.165, 1.54) is 0 Å². The molecule has 0 amide bonds. The molecule has 0 unspecified atom stereocenters. The molecular weight excluding hydrogens is 290 g/mol. The summed E-state index contributed by atoms with van der Waals surface area (Å²) in [6.45, 7) is 4.00. The third-order valence-electron chi connectivity index (χ3n) is 3.27. The summed E-state index contributed by atoms with van der Waals surface area (Å²) in [4.78, 5) is 12.4. The Hall–Kier alpha value is -1.61. The first-order valence-corrected chi connectivity index (χ1v) is 6.58. The van der Waals surface area contributed by atoms with Gasteiger partial charge in [0.15, 0.2) is 0 Å². The molecule has 1 aliphatic rings. The first-order chi connectivity index (χ1) is 8.58. The maximum absolute atomic E-state index is 12.4. The highest BCUT2D eigenvalue weighted by molar-refractivity contribution is 9.10. The van der Waals surface area contributed by atoms with Crippen LogP contribution in [0.15, 0.2) is 34.8 Å². The monoisotopic (exact) mass is 301 g/mol. The Morgan fingerprint density at radius 2 is 1.94 bits per heavy atom. The number of rotatable bonds is 1. The van der Waals surface area contributed by atoms with Crippen LogP contribution in [-0.2, 0) is 0 Å². The Morgan fingerprint density at radius 1 is 1.17 bits per heavy atom. The minimum Gasteiger partial charge on any atom is -0.281 e. The van der Waals surface area contributed by atoms with Crippen LogP contribution in [0.25, 0.3) is 11.6 Å². The van der Waals surface area contributed by atoms with Crippen molar-refractivity contribution in [1.29, 1.82) is 0 Å². The minimum atomic E-state index is 0.0636. The van der Waals surface area contributed by atoms with Crippen molar-refractivity contribution >= 4 is 33.5 Å². The third kappa shape index (κ3) is 1.58. The highest BCUT2D eigenvalue weighted by atomic mass is 79.9. The van der Waals surface area contributed by atoms with Crippen LogP contribution in [0.2, 0.25) is 0 Å². The predicted molar refractivity (Wildman–Crippen MR) is 76.5 cm³/mol. The van der Waals surface area contributed by atoms with Gasteiger partial charge in [-0.2, -0.15) is 0 Å². The van der Waals surface area contributed by atoms with Gasteiger partial charge in [0.2, 0.25) is 0 Å². The van der Waals surface area contributed by atoms with Crippen LogP contribution in [0.4, 0.5) is 0 Å². The maximum atomic E-state index is 12.4. The lowest BCUT2D eigenvalue weighted by molar-refractivity contribution is 0.0982. The van der Waals surface area contributed by atoms with Gasteiger partial charge in [0.25, 0.3) is 5.91 Å². The van der Waals surface area contributed by atoms with E-state index in [1.807, 2.05) is 50.3 Å². The first-order valence-electron chi connectivity index (χ1n) is 5.79. The highest BCUT2D eigenvalue weighted by Gasteiger charge is 2.26. The van der Waals surface area contributed by atoms with Gasteiger partial charge in [0, 0.05) is 15.7 Å². The third-order valence-corrected chi connectivity index (χ3v) is 3.77. The van der Waals surface area contributed by atoms with E-state index in [4.69, 9.17) is 0 Å². The number of fused-ring (bicyclic) bond motifs is 1. The van der Waals surface area contributed by atoms with Gasteiger partial charge in [-0.3, -0.25) is 9.36 Å².